The number of benzene rings is 1. The number of hydrogen-bond donors (Lipinski definition) is 1. The molecule has 0 aliphatic rings. The van der Waals surface area contributed by atoms with Crippen molar-refractivity contribution in [2.75, 3.05) is 13.2 Å². The molecule has 0 saturated heterocycles. The van der Waals surface area contributed by atoms with Crippen molar-refractivity contribution >= 4 is 0 Å². The fourth-order valence-corrected chi connectivity index (χ4v) is 2.12. The predicted molar refractivity (Wildman–Crippen MR) is 82.7 cm³/mol. The van der Waals surface area contributed by atoms with Crippen LogP contribution in [0.15, 0.2) is 18.2 Å². The van der Waals surface area contributed by atoms with E-state index in [1.807, 2.05) is 0 Å². The van der Waals surface area contributed by atoms with E-state index in [0.717, 1.165) is 31.9 Å². The Morgan fingerprint density at radius 3 is 2.53 bits per heavy atom. The second kappa shape index (κ2) is 8.98. The van der Waals surface area contributed by atoms with Gasteiger partial charge in [0.1, 0.15) is 5.75 Å². The third-order valence-electron chi connectivity index (χ3n) is 3.59. The average molecular weight is 263 g/mol. The first kappa shape index (κ1) is 16.0. The Balaban J connectivity index is 2.64. The van der Waals surface area contributed by atoms with Crippen LogP contribution in [0.3, 0.4) is 0 Å². The fraction of sp³-hybridized carbons (Fsp3) is 0.647. The highest BCUT2D eigenvalue weighted by atomic mass is 16.5. The topological polar surface area (TPSA) is 21.3 Å². The van der Waals surface area contributed by atoms with Crippen LogP contribution >= 0.6 is 0 Å². The summed E-state index contributed by atoms with van der Waals surface area (Å²) in [5.41, 5.74) is 2.57. The van der Waals surface area contributed by atoms with Crippen molar-refractivity contribution in [2.24, 2.45) is 5.92 Å². The van der Waals surface area contributed by atoms with Gasteiger partial charge in [-0.1, -0.05) is 51.3 Å². The van der Waals surface area contributed by atoms with E-state index in [0.29, 0.717) is 5.92 Å². The Morgan fingerprint density at radius 2 is 1.89 bits per heavy atom. The first-order valence-corrected chi connectivity index (χ1v) is 7.64. The molecular weight excluding hydrogens is 234 g/mol. The quantitative estimate of drug-likeness (QED) is 0.670. The minimum atomic E-state index is 0.665. The van der Waals surface area contributed by atoms with Crippen molar-refractivity contribution in [3.63, 3.8) is 0 Å². The van der Waals surface area contributed by atoms with Crippen molar-refractivity contribution in [3.05, 3.63) is 29.3 Å². The summed E-state index contributed by atoms with van der Waals surface area (Å²) in [5.74, 6) is 1.71. The van der Waals surface area contributed by atoms with E-state index in [9.17, 15) is 0 Å². The molecule has 1 aromatic rings. The summed E-state index contributed by atoms with van der Waals surface area (Å²) in [6, 6.07) is 6.47. The molecular formula is C17H29NO. The number of ether oxygens (including phenoxy) is 1. The van der Waals surface area contributed by atoms with Crippen LogP contribution in [0.5, 0.6) is 5.75 Å². The third kappa shape index (κ3) is 5.65. The number of rotatable bonds is 9. The van der Waals surface area contributed by atoms with Crippen LogP contribution in [0.25, 0.3) is 0 Å². The van der Waals surface area contributed by atoms with Gasteiger partial charge in [-0.25, -0.2) is 0 Å². The van der Waals surface area contributed by atoms with E-state index < -0.39 is 0 Å². The number of aryl methyl sites for hydroxylation is 1. The molecule has 0 atom stereocenters. The molecule has 1 rings (SSSR count). The highest BCUT2D eigenvalue weighted by Gasteiger charge is 2.08. The molecule has 0 heterocycles. The van der Waals surface area contributed by atoms with Crippen LogP contribution in [0.1, 0.15) is 51.2 Å². The van der Waals surface area contributed by atoms with Gasteiger partial charge in [0.2, 0.25) is 0 Å². The lowest BCUT2D eigenvalue weighted by Gasteiger charge is -2.17. The van der Waals surface area contributed by atoms with E-state index in [1.54, 1.807) is 0 Å². The Labute approximate surface area is 118 Å². The molecule has 19 heavy (non-hydrogen) atoms. The Hall–Kier alpha value is -1.02. The van der Waals surface area contributed by atoms with E-state index in [2.05, 4.69) is 51.2 Å². The summed E-state index contributed by atoms with van der Waals surface area (Å²) >= 11 is 0. The Morgan fingerprint density at radius 1 is 1.16 bits per heavy atom. The van der Waals surface area contributed by atoms with Gasteiger partial charge in [0.25, 0.3) is 0 Å². The van der Waals surface area contributed by atoms with Gasteiger partial charge in [-0.15, -0.1) is 0 Å². The zero-order chi connectivity index (χ0) is 14.1. The lowest BCUT2D eigenvalue weighted by molar-refractivity contribution is 0.238. The maximum atomic E-state index is 6.03. The third-order valence-corrected chi connectivity index (χ3v) is 3.59. The van der Waals surface area contributed by atoms with Crippen LogP contribution in [0, 0.1) is 12.8 Å². The molecule has 0 aliphatic carbocycles. The van der Waals surface area contributed by atoms with E-state index in [-0.39, 0.29) is 0 Å². The average Bonchev–Trinajstić information content (AvgIpc) is 2.42. The van der Waals surface area contributed by atoms with Gasteiger partial charge in [-0.2, -0.15) is 0 Å². The van der Waals surface area contributed by atoms with Crippen molar-refractivity contribution < 1.29 is 4.74 Å². The first-order chi connectivity index (χ1) is 9.21. The number of hydrogen-bond acceptors (Lipinski definition) is 2. The van der Waals surface area contributed by atoms with Gasteiger partial charge >= 0.3 is 0 Å². The molecule has 1 aromatic carbocycles. The summed E-state index contributed by atoms with van der Waals surface area (Å²) in [5, 5.41) is 3.45. The molecule has 0 aliphatic heterocycles. The molecule has 2 nitrogen and oxygen atoms in total. The van der Waals surface area contributed by atoms with Gasteiger partial charge in [0, 0.05) is 12.1 Å². The van der Waals surface area contributed by atoms with E-state index in [4.69, 9.17) is 4.74 Å². The van der Waals surface area contributed by atoms with Gasteiger partial charge in [-0.05, 0) is 31.9 Å². The fourth-order valence-electron chi connectivity index (χ4n) is 2.12. The van der Waals surface area contributed by atoms with Gasteiger partial charge < -0.3 is 10.1 Å². The summed E-state index contributed by atoms with van der Waals surface area (Å²) in [4.78, 5) is 0. The lowest BCUT2D eigenvalue weighted by atomic mass is 10.1. The SMILES string of the molecule is CCCNCc1cc(C)ccc1OCC(CC)CC. The maximum Gasteiger partial charge on any atom is 0.123 e. The van der Waals surface area contributed by atoms with Crippen molar-refractivity contribution in [1.29, 1.82) is 0 Å². The molecule has 1 N–H and O–H groups in total. The van der Waals surface area contributed by atoms with E-state index >= 15 is 0 Å². The lowest BCUT2D eigenvalue weighted by Crippen LogP contribution is -2.16. The Bertz CT molecular complexity index is 358. The summed E-state index contributed by atoms with van der Waals surface area (Å²) in [7, 11) is 0. The van der Waals surface area contributed by atoms with Gasteiger partial charge in [0.05, 0.1) is 6.61 Å². The second-order valence-electron chi connectivity index (χ2n) is 5.28. The minimum Gasteiger partial charge on any atom is -0.493 e. The molecule has 2 heteroatoms. The molecule has 0 amide bonds. The van der Waals surface area contributed by atoms with Crippen LogP contribution < -0.4 is 10.1 Å². The maximum absolute atomic E-state index is 6.03. The second-order valence-corrected chi connectivity index (χ2v) is 5.28. The van der Waals surface area contributed by atoms with Crippen LogP contribution in [-0.2, 0) is 6.54 Å². The molecule has 0 aromatic heterocycles. The van der Waals surface area contributed by atoms with Crippen molar-refractivity contribution in [1.82, 2.24) is 5.32 Å². The Kier molecular flexibility index (Phi) is 7.57. The summed E-state index contributed by atoms with van der Waals surface area (Å²) in [6.45, 7) is 11.6. The molecule has 0 fully saturated rings. The smallest absolute Gasteiger partial charge is 0.123 e. The molecule has 0 unspecified atom stereocenters. The van der Waals surface area contributed by atoms with Gasteiger partial charge in [-0.3, -0.25) is 0 Å². The highest BCUT2D eigenvalue weighted by Crippen LogP contribution is 2.21. The molecule has 0 spiro atoms. The summed E-state index contributed by atoms with van der Waals surface area (Å²) in [6.07, 6.45) is 3.54. The van der Waals surface area contributed by atoms with Gasteiger partial charge in [0.15, 0.2) is 0 Å². The van der Waals surface area contributed by atoms with Crippen LogP contribution in [0.4, 0.5) is 0 Å². The van der Waals surface area contributed by atoms with Crippen LogP contribution in [0.2, 0.25) is 0 Å². The predicted octanol–water partition coefficient (Wildman–Crippen LogP) is 4.31. The normalized spacial score (nSPS) is 11.0. The summed E-state index contributed by atoms with van der Waals surface area (Å²) < 4.78 is 6.03. The molecule has 0 bridgehead atoms. The van der Waals surface area contributed by atoms with Crippen molar-refractivity contribution in [3.8, 4) is 5.75 Å². The van der Waals surface area contributed by atoms with Crippen LogP contribution in [-0.4, -0.2) is 13.2 Å². The zero-order valence-electron chi connectivity index (χ0n) is 13.0. The molecule has 108 valence electrons. The largest absolute Gasteiger partial charge is 0.493 e. The van der Waals surface area contributed by atoms with E-state index in [1.165, 1.54) is 24.0 Å². The highest BCUT2D eigenvalue weighted by molar-refractivity contribution is 5.36. The minimum absolute atomic E-state index is 0.665. The monoisotopic (exact) mass is 263 g/mol. The standard InChI is InChI=1S/C17H29NO/c1-5-10-18-12-16-11-14(4)8-9-17(16)19-13-15(6-2)7-3/h8-9,11,15,18H,5-7,10,12-13H2,1-4H3. The molecule has 0 saturated carbocycles. The first-order valence-electron chi connectivity index (χ1n) is 7.64. The zero-order valence-corrected chi connectivity index (χ0v) is 13.0. The molecule has 0 radical (unpaired) electrons. The number of nitrogens with one attached hydrogen (secondary N) is 1. The van der Waals surface area contributed by atoms with Crippen molar-refractivity contribution in [2.45, 2.75) is 53.5 Å².